The van der Waals surface area contributed by atoms with E-state index in [1.165, 1.54) is 4.90 Å². The molecule has 10 heteroatoms. The van der Waals surface area contributed by atoms with Gasteiger partial charge in [-0.1, -0.05) is 5.16 Å². The van der Waals surface area contributed by atoms with Crippen LogP contribution in [-0.2, 0) is 10.0 Å². The van der Waals surface area contributed by atoms with E-state index in [4.69, 9.17) is 4.52 Å². The first-order valence-corrected chi connectivity index (χ1v) is 10.0. The van der Waals surface area contributed by atoms with Crippen LogP contribution in [0.15, 0.2) is 33.7 Å². The minimum atomic E-state index is -4.18. The highest BCUT2D eigenvalue weighted by Gasteiger charge is 2.34. The van der Waals surface area contributed by atoms with Gasteiger partial charge in [-0.2, -0.15) is 4.31 Å². The lowest BCUT2D eigenvalue weighted by molar-refractivity contribution is 0.0687. The highest BCUT2D eigenvalue weighted by Crippen LogP contribution is 2.40. The summed E-state index contributed by atoms with van der Waals surface area (Å²) in [7, 11) is -4.18. The summed E-state index contributed by atoms with van der Waals surface area (Å²) >= 11 is 0. The lowest BCUT2D eigenvalue weighted by Gasteiger charge is -2.33. The highest BCUT2D eigenvalue weighted by atomic mass is 32.2. The summed E-state index contributed by atoms with van der Waals surface area (Å²) in [5, 5.41) is 3.80. The molecule has 0 spiro atoms. The number of carbonyl (C=O) groups is 1. The maximum atomic E-state index is 13.9. The lowest BCUT2D eigenvalue weighted by atomic mass is 10.2. The van der Waals surface area contributed by atoms with Gasteiger partial charge in [0.05, 0.1) is 0 Å². The van der Waals surface area contributed by atoms with Crippen molar-refractivity contribution >= 4 is 15.9 Å². The van der Waals surface area contributed by atoms with Crippen LogP contribution in [0.5, 0.6) is 0 Å². The van der Waals surface area contributed by atoms with E-state index in [1.807, 2.05) is 0 Å². The molecular formula is C17H17F2N3O4S. The number of amides is 1. The number of benzene rings is 1. The van der Waals surface area contributed by atoms with E-state index in [-0.39, 0.29) is 37.8 Å². The number of hydrogen-bond donors (Lipinski definition) is 0. The van der Waals surface area contributed by atoms with E-state index in [2.05, 4.69) is 5.16 Å². The zero-order valence-electron chi connectivity index (χ0n) is 14.3. The molecule has 7 nitrogen and oxygen atoms in total. The van der Waals surface area contributed by atoms with E-state index in [1.54, 1.807) is 6.07 Å². The van der Waals surface area contributed by atoms with Gasteiger partial charge in [0.25, 0.3) is 5.91 Å². The second-order valence-corrected chi connectivity index (χ2v) is 8.57. The van der Waals surface area contributed by atoms with Gasteiger partial charge in [-0.15, -0.1) is 0 Å². The first kappa shape index (κ1) is 18.1. The predicted octanol–water partition coefficient (Wildman–Crippen LogP) is 1.98. The molecule has 0 bridgehead atoms. The van der Waals surface area contributed by atoms with Crippen molar-refractivity contribution in [3.63, 3.8) is 0 Å². The van der Waals surface area contributed by atoms with Gasteiger partial charge in [0, 0.05) is 38.2 Å². The smallest absolute Gasteiger partial charge is 0.276 e. The Kier molecular flexibility index (Phi) is 4.47. The minimum absolute atomic E-state index is 0.0165. The summed E-state index contributed by atoms with van der Waals surface area (Å²) in [6.07, 6.45) is 2.05. The van der Waals surface area contributed by atoms with Crippen molar-refractivity contribution in [3.05, 3.63) is 47.4 Å². The van der Waals surface area contributed by atoms with E-state index in [9.17, 15) is 22.0 Å². The fraction of sp³-hybridized carbons (Fsp3) is 0.412. The molecule has 2 aromatic rings. The van der Waals surface area contributed by atoms with Crippen molar-refractivity contribution in [2.45, 2.75) is 23.7 Å². The van der Waals surface area contributed by atoms with E-state index in [0.29, 0.717) is 17.7 Å². The molecule has 1 aromatic heterocycles. The highest BCUT2D eigenvalue weighted by molar-refractivity contribution is 7.89. The molecule has 1 saturated heterocycles. The maximum absolute atomic E-state index is 13.9. The van der Waals surface area contributed by atoms with Gasteiger partial charge in [-0.3, -0.25) is 4.79 Å². The molecule has 0 unspecified atom stereocenters. The second-order valence-electron chi connectivity index (χ2n) is 6.66. The second kappa shape index (κ2) is 6.68. The summed E-state index contributed by atoms with van der Waals surface area (Å²) in [5.74, 6) is -1.14. The Hall–Kier alpha value is -2.33. The number of halogens is 2. The topological polar surface area (TPSA) is 83.7 Å². The Morgan fingerprint density at radius 2 is 1.81 bits per heavy atom. The minimum Gasteiger partial charge on any atom is -0.360 e. The Bertz CT molecular complexity index is 980. The van der Waals surface area contributed by atoms with Crippen molar-refractivity contribution in [2.24, 2.45) is 0 Å². The van der Waals surface area contributed by atoms with Crippen molar-refractivity contribution in [3.8, 4) is 0 Å². The van der Waals surface area contributed by atoms with Crippen LogP contribution in [0.4, 0.5) is 8.78 Å². The van der Waals surface area contributed by atoms with E-state index in [0.717, 1.165) is 29.3 Å². The van der Waals surface area contributed by atoms with Crippen LogP contribution in [0.3, 0.4) is 0 Å². The van der Waals surface area contributed by atoms with E-state index < -0.39 is 26.6 Å². The maximum Gasteiger partial charge on any atom is 0.276 e. The molecule has 1 aliphatic carbocycles. The lowest BCUT2D eigenvalue weighted by Crippen LogP contribution is -2.50. The number of carbonyl (C=O) groups excluding carboxylic acids is 1. The van der Waals surface area contributed by atoms with Gasteiger partial charge in [0.1, 0.15) is 22.3 Å². The Balaban J connectivity index is 1.44. The van der Waals surface area contributed by atoms with Gasteiger partial charge < -0.3 is 9.42 Å². The van der Waals surface area contributed by atoms with Gasteiger partial charge >= 0.3 is 0 Å². The third-order valence-corrected chi connectivity index (χ3v) is 6.68. The summed E-state index contributed by atoms with van der Waals surface area (Å²) < 4.78 is 58.6. The van der Waals surface area contributed by atoms with Crippen LogP contribution in [-0.4, -0.2) is 54.9 Å². The Labute approximate surface area is 154 Å². The average Bonchev–Trinajstić information content (AvgIpc) is 3.40. The fourth-order valence-corrected chi connectivity index (χ4v) is 4.56. The normalized spacial score (nSPS) is 18.7. The third-order valence-electron chi connectivity index (χ3n) is 4.76. The molecule has 1 saturated carbocycles. The largest absolute Gasteiger partial charge is 0.360 e. The average molecular weight is 397 g/mol. The number of aromatic nitrogens is 1. The Morgan fingerprint density at radius 3 is 2.48 bits per heavy atom. The third kappa shape index (κ3) is 3.46. The van der Waals surface area contributed by atoms with Gasteiger partial charge in [-0.05, 0) is 31.0 Å². The molecule has 4 rings (SSSR count). The van der Waals surface area contributed by atoms with Crippen LogP contribution in [0, 0.1) is 11.6 Å². The molecule has 1 aromatic carbocycles. The Morgan fingerprint density at radius 1 is 1.11 bits per heavy atom. The summed E-state index contributed by atoms with van der Waals surface area (Å²) in [6, 6.07) is 3.94. The van der Waals surface area contributed by atoms with Crippen LogP contribution in [0.2, 0.25) is 0 Å². The zero-order chi connectivity index (χ0) is 19.2. The van der Waals surface area contributed by atoms with Crippen LogP contribution >= 0.6 is 0 Å². The summed E-state index contributed by atoms with van der Waals surface area (Å²) in [6.45, 7) is 0.218. The van der Waals surface area contributed by atoms with Crippen molar-refractivity contribution < 1.29 is 26.5 Å². The number of rotatable bonds is 4. The quantitative estimate of drug-likeness (QED) is 0.788. The number of nitrogens with zero attached hydrogens (tertiary/aromatic N) is 3. The molecule has 2 aliphatic rings. The number of hydrogen-bond acceptors (Lipinski definition) is 5. The molecule has 1 amide bonds. The van der Waals surface area contributed by atoms with Crippen molar-refractivity contribution in [1.29, 1.82) is 0 Å². The molecule has 0 N–H and O–H groups in total. The monoisotopic (exact) mass is 397 g/mol. The first-order chi connectivity index (χ1) is 12.9. The van der Waals surface area contributed by atoms with Crippen molar-refractivity contribution in [1.82, 2.24) is 14.4 Å². The van der Waals surface area contributed by atoms with Crippen LogP contribution < -0.4 is 0 Å². The van der Waals surface area contributed by atoms with Gasteiger partial charge in [0.15, 0.2) is 5.69 Å². The van der Waals surface area contributed by atoms with Gasteiger partial charge in [-0.25, -0.2) is 17.2 Å². The number of sulfonamides is 1. The molecule has 2 heterocycles. The van der Waals surface area contributed by atoms with Crippen molar-refractivity contribution in [2.75, 3.05) is 26.2 Å². The van der Waals surface area contributed by atoms with E-state index >= 15 is 0 Å². The predicted molar refractivity (Wildman–Crippen MR) is 89.5 cm³/mol. The summed E-state index contributed by atoms with van der Waals surface area (Å²) in [4.78, 5) is 13.3. The SMILES string of the molecule is O=C(c1cc(C2CC2)on1)N1CCN(S(=O)(=O)c2cc(F)ccc2F)CC1. The molecule has 1 aliphatic heterocycles. The fourth-order valence-electron chi connectivity index (χ4n) is 3.06. The van der Waals surface area contributed by atoms with Crippen LogP contribution in [0.25, 0.3) is 0 Å². The van der Waals surface area contributed by atoms with Crippen LogP contribution in [0.1, 0.15) is 35.0 Å². The molecular weight excluding hydrogens is 380 g/mol. The van der Waals surface area contributed by atoms with Gasteiger partial charge in [0.2, 0.25) is 10.0 Å². The first-order valence-electron chi connectivity index (χ1n) is 8.57. The zero-order valence-corrected chi connectivity index (χ0v) is 15.1. The molecule has 0 radical (unpaired) electrons. The molecule has 144 valence electrons. The molecule has 2 fully saturated rings. The standard InChI is InChI=1S/C17H17F2N3O4S/c18-12-3-4-13(19)16(9-12)27(24,25)22-7-5-21(6-8-22)17(23)14-10-15(26-20-14)11-1-2-11/h3-4,9-11H,1-2,5-8H2. The molecule has 0 atom stereocenters. The summed E-state index contributed by atoms with van der Waals surface area (Å²) in [5.41, 5.74) is 0.199. The molecule has 27 heavy (non-hydrogen) atoms. The number of piperazine rings is 1.